The first kappa shape index (κ1) is 17.8. The van der Waals surface area contributed by atoms with E-state index in [1.165, 1.54) is 11.3 Å². The summed E-state index contributed by atoms with van der Waals surface area (Å²) in [6, 6.07) is 15.9. The van der Waals surface area contributed by atoms with Gasteiger partial charge in [0.1, 0.15) is 5.51 Å². The van der Waals surface area contributed by atoms with Crippen LogP contribution in [-0.2, 0) is 11.2 Å². The van der Waals surface area contributed by atoms with Gasteiger partial charge in [-0.1, -0.05) is 45.5 Å². The van der Waals surface area contributed by atoms with E-state index in [0.29, 0.717) is 17.1 Å². The highest BCUT2D eigenvalue weighted by Gasteiger charge is 2.49. The van der Waals surface area contributed by atoms with Crippen molar-refractivity contribution in [2.24, 2.45) is 5.41 Å². The number of carbonyl (C=O) groups excluding carboxylic acids is 1. The number of rotatable bonds is 3. The van der Waals surface area contributed by atoms with Gasteiger partial charge in [0.05, 0.1) is 17.0 Å². The molecule has 3 aromatic rings. The van der Waals surface area contributed by atoms with Crippen LogP contribution < -0.4 is 5.32 Å². The predicted octanol–water partition coefficient (Wildman–Crippen LogP) is 4.51. The molecule has 0 fully saturated rings. The van der Waals surface area contributed by atoms with Crippen molar-refractivity contribution in [1.29, 1.82) is 5.26 Å². The number of benzene rings is 2. The minimum atomic E-state index is -0.705. The van der Waals surface area contributed by atoms with Gasteiger partial charge < -0.3 is 5.32 Å². The van der Waals surface area contributed by atoms with E-state index in [4.69, 9.17) is 0 Å². The SMILES string of the molecule is C[C@@]1(C(=O)Nc2nncs2)Cc2ccc(C#N)cc2[C@@H]1c1cccc(Br)c1. The van der Waals surface area contributed by atoms with Crippen LogP contribution in [0.5, 0.6) is 0 Å². The van der Waals surface area contributed by atoms with Crippen LogP contribution in [0.15, 0.2) is 52.4 Å². The highest BCUT2D eigenvalue weighted by Crippen LogP contribution is 2.51. The van der Waals surface area contributed by atoms with Gasteiger partial charge in [-0.3, -0.25) is 4.79 Å². The summed E-state index contributed by atoms with van der Waals surface area (Å²) < 4.78 is 0.955. The van der Waals surface area contributed by atoms with Gasteiger partial charge in [0.2, 0.25) is 11.0 Å². The van der Waals surface area contributed by atoms with Gasteiger partial charge >= 0.3 is 0 Å². The van der Waals surface area contributed by atoms with Crippen LogP contribution in [-0.4, -0.2) is 16.1 Å². The molecule has 0 bridgehead atoms. The van der Waals surface area contributed by atoms with Crippen molar-refractivity contribution in [3.63, 3.8) is 0 Å². The Hall–Kier alpha value is -2.56. The molecule has 7 heteroatoms. The number of amides is 1. The molecule has 1 aromatic heterocycles. The molecule has 2 atom stereocenters. The molecular weight excluding hydrogens is 424 g/mol. The Morgan fingerprint density at radius 2 is 2.22 bits per heavy atom. The summed E-state index contributed by atoms with van der Waals surface area (Å²) >= 11 is 4.82. The maximum atomic E-state index is 13.3. The molecule has 2 aromatic carbocycles. The third-order valence-corrected chi connectivity index (χ3v) is 6.16. The fourth-order valence-corrected chi connectivity index (χ4v) is 4.70. The van der Waals surface area contributed by atoms with Crippen LogP contribution >= 0.6 is 27.3 Å². The van der Waals surface area contributed by atoms with Gasteiger partial charge in [0.15, 0.2) is 0 Å². The van der Waals surface area contributed by atoms with Gasteiger partial charge in [-0.15, -0.1) is 10.2 Å². The number of halogens is 1. The van der Waals surface area contributed by atoms with Gasteiger partial charge in [-0.2, -0.15) is 5.26 Å². The van der Waals surface area contributed by atoms with Crippen LogP contribution in [0, 0.1) is 16.7 Å². The lowest BCUT2D eigenvalue weighted by atomic mass is 9.73. The van der Waals surface area contributed by atoms with Crippen LogP contribution in [0.2, 0.25) is 0 Å². The van der Waals surface area contributed by atoms with Gasteiger partial charge in [0.25, 0.3) is 0 Å². The lowest BCUT2D eigenvalue weighted by Gasteiger charge is -2.31. The van der Waals surface area contributed by atoms with Crippen molar-refractivity contribution < 1.29 is 4.79 Å². The molecular formula is C20H15BrN4OS. The van der Waals surface area contributed by atoms with E-state index in [-0.39, 0.29) is 11.8 Å². The van der Waals surface area contributed by atoms with Gasteiger partial charge in [-0.05, 0) is 54.3 Å². The maximum Gasteiger partial charge on any atom is 0.233 e. The summed E-state index contributed by atoms with van der Waals surface area (Å²) in [5.74, 6) is -0.259. The zero-order valence-electron chi connectivity index (χ0n) is 14.4. The molecule has 1 amide bonds. The predicted molar refractivity (Wildman–Crippen MR) is 107 cm³/mol. The molecule has 5 nitrogen and oxygen atoms in total. The fraction of sp³-hybridized carbons (Fsp3) is 0.200. The number of nitrogens with zero attached hydrogens (tertiary/aromatic N) is 3. The molecule has 0 unspecified atom stereocenters. The highest BCUT2D eigenvalue weighted by atomic mass is 79.9. The first-order chi connectivity index (χ1) is 13.0. The number of anilines is 1. The lowest BCUT2D eigenvalue weighted by molar-refractivity contribution is -0.125. The van der Waals surface area contributed by atoms with Crippen molar-refractivity contribution in [2.45, 2.75) is 19.3 Å². The molecule has 0 radical (unpaired) electrons. The lowest BCUT2D eigenvalue weighted by Crippen LogP contribution is -2.37. The Morgan fingerprint density at radius 1 is 1.37 bits per heavy atom. The normalized spacial score (nSPS) is 20.7. The molecule has 134 valence electrons. The molecule has 0 spiro atoms. The Balaban J connectivity index is 1.83. The number of fused-ring (bicyclic) bond motifs is 1. The minimum Gasteiger partial charge on any atom is -0.300 e. The first-order valence-corrected chi connectivity index (χ1v) is 10.0. The number of hydrogen-bond donors (Lipinski definition) is 1. The van der Waals surface area contributed by atoms with Crippen molar-refractivity contribution in [3.8, 4) is 6.07 Å². The van der Waals surface area contributed by atoms with Crippen molar-refractivity contribution in [2.75, 3.05) is 5.32 Å². The van der Waals surface area contributed by atoms with E-state index >= 15 is 0 Å². The van der Waals surface area contributed by atoms with Crippen LogP contribution in [0.3, 0.4) is 0 Å². The second-order valence-electron chi connectivity index (χ2n) is 6.81. The molecule has 1 heterocycles. The molecule has 27 heavy (non-hydrogen) atoms. The molecule has 1 N–H and O–H groups in total. The van der Waals surface area contributed by atoms with Crippen LogP contribution in [0.25, 0.3) is 0 Å². The average Bonchev–Trinajstić information content (AvgIpc) is 3.26. The van der Waals surface area contributed by atoms with E-state index in [0.717, 1.165) is 21.2 Å². The summed E-state index contributed by atoms with van der Waals surface area (Å²) in [6.45, 7) is 1.97. The number of nitriles is 1. The van der Waals surface area contributed by atoms with E-state index in [9.17, 15) is 10.1 Å². The second-order valence-corrected chi connectivity index (χ2v) is 8.55. The molecule has 0 aliphatic heterocycles. The number of carbonyl (C=O) groups is 1. The van der Waals surface area contributed by atoms with E-state index < -0.39 is 5.41 Å². The zero-order valence-corrected chi connectivity index (χ0v) is 16.8. The van der Waals surface area contributed by atoms with Crippen LogP contribution in [0.1, 0.15) is 35.1 Å². The van der Waals surface area contributed by atoms with E-state index in [2.05, 4.69) is 37.5 Å². The third kappa shape index (κ3) is 3.15. The fourth-order valence-electron chi connectivity index (χ4n) is 3.85. The second kappa shape index (κ2) is 6.87. The zero-order chi connectivity index (χ0) is 19.0. The summed E-state index contributed by atoms with van der Waals surface area (Å²) in [6.07, 6.45) is 0.593. The van der Waals surface area contributed by atoms with Crippen molar-refractivity contribution in [1.82, 2.24) is 10.2 Å². The van der Waals surface area contributed by atoms with Gasteiger partial charge in [0, 0.05) is 10.4 Å². The molecule has 4 rings (SSSR count). The van der Waals surface area contributed by atoms with E-state index in [1.807, 2.05) is 49.4 Å². The quantitative estimate of drug-likeness (QED) is 0.652. The van der Waals surface area contributed by atoms with Crippen molar-refractivity contribution in [3.05, 3.63) is 74.7 Å². The Kier molecular flexibility index (Phi) is 4.54. The average molecular weight is 439 g/mol. The smallest absolute Gasteiger partial charge is 0.233 e. The Morgan fingerprint density at radius 3 is 2.93 bits per heavy atom. The van der Waals surface area contributed by atoms with E-state index in [1.54, 1.807) is 5.51 Å². The Bertz CT molecular complexity index is 1060. The Labute approximate surface area is 169 Å². The standard InChI is InChI=1S/C20H15BrN4OS/c1-20(18(26)24-19-25-23-11-27-19)9-14-6-5-12(10-22)7-16(14)17(20)13-3-2-4-15(21)8-13/h2-8,11,17H,9H2,1H3,(H,24,25,26)/t17-,20+/m0/s1. The summed E-state index contributed by atoms with van der Waals surface area (Å²) in [7, 11) is 0. The number of aromatic nitrogens is 2. The summed E-state index contributed by atoms with van der Waals surface area (Å²) in [5.41, 5.74) is 4.64. The summed E-state index contributed by atoms with van der Waals surface area (Å²) in [5, 5.41) is 20.5. The molecule has 0 saturated carbocycles. The minimum absolute atomic E-state index is 0.0982. The molecule has 0 saturated heterocycles. The number of hydrogen-bond acceptors (Lipinski definition) is 5. The van der Waals surface area contributed by atoms with Gasteiger partial charge in [-0.25, -0.2) is 0 Å². The highest BCUT2D eigenvalue weighted by molar-refractivity contribution is 9.10. The largest absolute Gasteiger partial charge is 0.300 e. The maximum absolute atomic E-state index is 13.3. The summed E-state index contributed by atoms with van der Waals surface area (Å²) in [4.78, 5) is 13.3. The number of nitrogens with one attached hydrogen (secondary N) is 1. The molecule has 1 aliphatic rings. The monoisotopic (exact) mass is 438 g/mol. The van der Waals surface area contributed by atoms with Crippen molar-refractivity contribution >= 4 is 38.3 Å². The third-order valence-electron chi connectivity index (χ3n) is 5.06. The molecule has 1 aliphatic carbocycles. The topological polar surface area (TPSA) is 78.7 Å². The van der Waals surface area contributed by atoms with Crippen LogP contribution in [0.4, 0.5) is 5.13 Å². The first-order valence-electron chi connectivity index (χ1n) is 8.37.